The zero-order valence-corrected chi connectivity index (χ0v) is 10.5. The minimum atomic E-state index is -0.742. The topological polar surface area (TPSA) is 74.6 Å². The fraction of sp³-hybridized carbons (Fsp3) is 0.714. The first kappa shape index (κ1) is 13.0. The summed E-state index contributed by atoms with van der Waals surface area (Å²) in [7, 11) is 0. The summed E-state index contributed by atoms with van der Waals surface area (Å²) in [5.74, 6) is -1.47. The molecule has 0 unspecified atom stereocenters. The molecule has 0 bridgehead atoms. The summed E-state index contributed by atoms with van der Waals surface area (Å²) < 4.78 is 0. The number of hydrogen-bond acceptors (Lipinski definition) is 2. The van der Waals surface area contributed by atoms with Crippen molar-refractivity contribution in [1.82, 2.24) is 0 Å². The third kappa shape index (κ3) is 12.0. The van der Waals surface area contributed by atoms with Gasteiger partial charge in [-0.1, -0.05) is 0 Å². The summed E-state index contributed by atoms with van der Waals surface area (Å²) in [4.78, 5) is 20.2. The molecule has 0 saturated carbocycles. The van der Waals surface area contributed by atoms with Gasteiger partial charge in [-0.25, -0.2) is 0 Å². The first-order valence-corrected chi connectivity index (χ1v) is 10.6. The average molecular weight is 318 g/mol. The third-order valence-electron chi connectivity index (χ3n) is 1.10. The van der Waals surface area contributed by atoms with Crippen LogP contribution >= 0.6 is 0 Å². The maximum absolute atomic E-state index is 10.1. The molecule has 0 aliphatic rings. The molecule has 0 saturated heterocycles. The van der Waals surface area contributed by atoms with E-state index in [1.54, 1.807) is 0 Å². The van der Waals surface area contributed by atoms with E-state index >= 15 is 0 Å². The van der Waals surface area contributed by atoms with E-state index < -0.39 is 11.9 Å². The SMILES string of the molecule is O=C(O)CCC[Se][Se]CCC(=O)O. The van der Waals surface area contributed by atoms with Crippen molar-refractivity contribution >= 4 is 38.2 Å². The molecule has 76 valence electrons. The molecule has 4 nitrogen and oxygen atoms in total. The Morgan fingerprint density at radius 3 is 2.00 bits per heavy atom. The van der Waals surface area contributed by atoms with E-state index in [2.05, 4.69) is 0 Å². The number of hydrogen-bond donors (Lipinski definition) is 2. The number of aliphatic carboxylic acids is 2. The van der Waals surface area contributed by atoms with E-state index in [9.17, 15) is 9.59 Å². The Kier molecular flexibility index (Phi) is 8.56. The molecule has 0 aromatic rings. The molecule has 0 radical (unpaired) electrons. The summed E-state index contributed by atoms with van der Waals surface area (Å²) in [6, 6.07) is 0. The van der Waals surface area contributed by atoms with Crippen molar-refractivity contribution in [2.45, 2.75) is 29.9 Å². The molecule has 0 spiro atoms. The van der Waals surface area contributed by atoms with Crippen LogP contribution in [-0.4, -0.2) is 48.4 Å². The van der Waals surface area contributed by atoms with Crippen molar-refractivity contribution in [3.05, 3.63) is 0 Å². The van der Waals surface area contributed by atoms with Crippen LogP contribution in [0.25, 0.3) is 0 Å². The number of rotatable bonds is 8. The van der Waals surface area contributed by atoms with Crippen molar-refractivity contribution in [3.63, 3.8) is 0 Å². The fourth-order valence-electron chi connectivity index (χ4n) is 0.529. The van der Waals surface area contributed by atoms with Crippen LogP contribution in [0.2, 0.25) is 10.6 Å². The van der Waals surface area contributed by atoms with Crippen LogP contribution in [0.4, 0.5) is 0 Å². The van der Waals surface area contributed by atoms with Crippen molar-refractivity contribution < 1.29 is 19.8 Å². The quantitative estimate of drug-likeness (QED) is 0.504. The van der Waals surface area contributed by atoms with Crippen LogP contribution in [0, 0.1) is 0 Å². The van der Waals surface area contributed by atoms with Crippen LogP contribution in [0.1, 0.15) is 19.3 Å². The van der Waals surface area contributed by atoms with Gasteiger partial charge in [-0.05, 0) is 0 Å². The monoisotopic (exact) mass is 320 g/mol. The van der Waals surface area contributed by atoms with Crippen LogP contribution in [-0.2, 0) is 9.59 Å². The molecule has 0 rings (SSSR count). The van der Waals surface area contributed by atoms with Crippen LogP contribution in [0.15, 0.2) is 0 Å². The Hall–Kier alpha value is -0.0210. The molecule has 0 aromatic carbocycles. The molecule has 13 heavy (non-hydrogen) atoms. The third-order valence-corrected chi connectivity index (χ3v) is 8.63. The van der Waals surface area contributed by atoms with Gasteiger partial charge in [0.1, 0.15) is 0 Å². The molecular formula is C7H12O4Se2. The Balaban J connectivity index is 3.00. The molecular weight excluding hydrogens is 306 g/mol. The molecule has 0 aromatic heterocycles. The minimum absolute atomic E-state index is 0.247. The van der Waals surface area contributed by atoms with Gasteiger partial charge in [-0.15, -0.1) is 0 Å². The zero-order valence-electron chi connectivity index (χ0n) is 7.06. The van der Waals surface area contributed by atoms with E-state index in [4.69, 9.17) is 10.2 Å². The van der Waals surface area contributed by atoms with Gasteiger partial charge in [0.25, 0.3) is 0 Å². The summed E-state index contributed by atoms with van der Waals surface area (Å²) in [5, 5.41) is 18.4. The Labute approximate surface area is 88.0 Å². The average Bonchev–Trinajstić information content (AvgIpc) is 2.01. The Bertz CT molecular complexity index is 154. The molecule has 0 atom stereocenters. The molecule has 0 amide bonds. The van der Waals surface area contributed by atoms with Crippen molar-refractivity contribution in [2.75, 3.05) is 0 Å². The second-order valence-corrected chi connectivity index (χ2v) is 10.1. The van der Waals surface area contributed by atoms with Crippen molar-refractivity contribution in [1.29, 1.82) is 0 Å². The van der Waals surface area contributed by atoms with E-state index in [1.165, 1.54) is 0 Å². The van der Waals surface area contributed by atoms with E-state index in [-0.39, 0.29) is 12.8 Å². The predicted octanol–water partition coefficient (Wildman–Crippen LogP) is 0.486. The number of carboxylic acid groups (broad SMARTS) is 2. The van der Waals surface area contributed by atoms with Crippen molar-refractivity contribution in [2.24, 2.45) is 0 Å². The number of carboxylic acids is 2. The summed E-state index contributed by atoms with van der Waals surface area (Å²) in [6.07, 6.45) is 1.25. The predicted molar refractivity (Wildman–Crippen MR) is 50.2 cm³/mol. The molecule has 2 N–H and O–H groups in total. The second-order valence-electron chi connectivity index (χ2n) is 2.28. The molecule has 0 aliphatic heterocycles. The zero-order chi connectivity index (χ0) is 10.1. The normalized spacial score (nSPS) is 9.85. The first-order chi connectivity index (χ1) is 6.13. The van der Waals surface area contributed by atoms with Gasteiger partial charge < -0.3 is 0 Å². The Morgan fingerprint density at radius 1 is 0.923 bits per heavy atom. The van der Waals surface area contributed by atoms with Crippen LogP contribution < -0.4 is 0 Å². The van der Waals surface area contributed by atoms with Gasteiger partial charge in [0.05, 0.1) is 0 Å². The summed E-state index contributed by atoms with van der Waals surface area (Å²) in [6.45, 7) is 0. The molecule has 0 heterocycles. The molecule has 0 fully saturated rings. The summed E-state index contributed by atoms with van der Waals surface area (Å²) in [5.41, 5.74) is 0. The summed E-state index contributed by atoms with van der Waals surface area (Å²) >= 11 is 0.918. The fourth-order valence-corrected chi connectivity index (χ4v) is 6.88. The van der Waals surface area contributed by atoms with Crippen LogP contribution in [0.5, 0.6) is 0 Å². The Morgan fingerprint density at radius 2 is 1.46 bits per heavy atom. The van der Waals surface area contributed by atoms with E-state index in [1.807, 2.05) is 0 Å². The van der Waals surface area contributed by atoms with Crippen LogP contribution in [0.3, 0.4) is 0 Å². The van der Waals surface area contributed by atoms with Gasteiger partial charge in [0.15, 0.2) is 0 Å². The van der Waals surface area contributed by atoms with Gasteiger partial charge in [0, 0.05) is 0 Å². The van der Waals surface area contributed by atoms with Gasteiger partial charge in [-0.3, -0.25) is 0 Å². The van der Waals surface area contributed by atoms with Crippen molar-refractivity contribution in [3.8, 4) is 0 Å². The van der Waals surface area contributed by atoms with Gasteiger partial charge >= 0.3 is 87.9 Å². The first-order valence-electron chi connectivity index (χ1n) is 3.81. The standard InChI is InChI=1S/C7H12O4Se2/c8-6(9)2-1-4-12-13-5-3-7(10)11/h1-5H2,(H,8,9)(H,10,11). The van der Waals surface area contributed by atoms with Gasteiger partial charge in [0.2, 0.25) is 0 Å². The number of carbonyl (C=O) groups is 2. The molecule has 6 heteroatoms. The van der Waals surface area contributed by atoms with E-state index in [0.29, 0.717) is 26.3 Å². The van der Waals surface area contributed by atoms with Gasteiger partial charge in [-0.2, -0.15) is 0 Å². The second kappa shape index (κ2) is 8.57. The van der Waals surface area contributed by atoms with E-state index in [0.717, 1.165) is 17.1 Å². The molecule has 0 aliphatic carbocycles. The maximum atomic E-state index is 10.1.